The van der Waals surface area contributed by atoms with E-state index in [1.165, 1.54) is 7.11 Å². The first kappa shape index (κ1) is 11.1. The Morgan fingerprint density at radius 3 is 3.12 bits per heavy atom. The highest BCUT2D eigenvalue weighted by atomic mass is 16.5. The summed E-state index contributed by atoms with van der Waals surface area (Å²) in [6, 6.07) is -0.0785. The van der Waals surface area contributed by atoms with Crippen molar-refractivity contribution in [3.8, 4) is 0 Å². The lowest BCUT2D eigenvalue weighted by molar-refractivity contribution is -0.146. The van der Waals surface area contributed by atoms with Gasteiger partial charge < -0.3 is 4.74 Å². The van der Waals surface area contributed by atoms with Crippen LogP contribution in [0.5, 0.6) is 0 Å². The van der Waals surface area contributed by atoms with Crippen molar-refractivity contribution >= 4 is 5.97 Å². The Kier molecular flexibility index (Phi) is 3.24. The Balaban J connectivity index is 2.01. The minimum atomic E-state index is -0.124. The highest BCUT2D eigenvalue weighted by Gasteiger charge is 2.31. The Morgan fingerprint density at radius 2 is 2.50 bits per heavy atom. The zero-order valence-corrected chi connectivity index (χ0v) is 9.72. The number of carbonyl (C=O) groups is 1. The molecule has 0 spiro atoms. The predicted octanol–water partition coefficient (Wildman–Crippen LogP) is 0.557. The molecule has 2 rings (SSSR count). The molecule has 5 heteroatoms. The molecule has 0 radical (unpaired) electrons. The molecule has 88 valence electrons. The van der Waals surface area contributed by atoms with Gasteiger partial charge >= 0.3 is 5.97 Å². The summed E-state index contributed by atoms with van der Waals surface area (Å²) in [6.07, 6.45) is 5.77. The molecule has 0 amide bonds. The van der Waals surface area contributed by atoms with E-state index in [1.807, 2.05) is 19.4 Å². The minimum Gasteiger partial charge on any atom is -0.468 e. The molecule has 1 fully saturated rings. The molecule has 1 aliphatic heterocycles. The second-order valence-electron chi connectivity index (χ2n) is 4.17. The van der Waals surface area contributed by atoms with Gasteiger partial charge in [-0.3, -0.25) is 14.4 Å². The van der Waals surface area contributed by atoms with Crippen LogP contribution in [-0.2, 0) is 23.1 Å². The Hall–Kier alpha value is -1.36. The van der Waals surface area contributed by atoms with Crippen LogP contribution in [0.2, 0.25) is 0 Å². The zero-order chi connectivity index (χ0) is 11.5. The fourth-order valence-electron chi connectivity index (χ4n) is 2.21. The van der Waals surface area contributed by atoms with Gasteiger partial charge in [0.1, 0.15) is 6.04 Å². The number of aromatic nitrogens is 2. The zero-order valence-electron chi connectivity index (χ0n) is 9.72. The van der Waals surface area contributed by atoms with Crippen LogP contribution < -0.4 is 0 Å². The minimum absolute atomic E-state index is 0.0785. The van der Waals surface area contributed by atoms with E-state index in [-0.39, 0.29) is 12.0 Å². The van der Waals surface area contributed by atoms with Crippen molar-refractivity contribution in [3.05, 3.63) is 18.0 Å². The molecule has 0 aliphatic carbocycles. The maximum Gasteiger partial charge on any atom is 0.323 e. The second kappa shape index (κ2) is 4.65. The molecule has 0 aromatic carbocycles. The molecule has 1 aromatic rings. The lowest BCUT2D eigenvalue weighted by Crippen LogP contribution is -2.36. The molecule has 1 unspecified atom stereocenters. The largest absolute Gasteiger partial charge is 0.468 e. The Labute approximate surface area is 95.0 Å². The van der Waals surface area contributed by atoms with Crippen LogP contribution in [0.3, 0.4) is 0 Å². The van der Waals surface area contributed by atoms with E-state index in [9.17, 15) is 4.79 Å². The van der Waals surface area contributed by atoms with E-state index in [0.717, 1.165) is 31.5 Å². The number of likely N-dealkylation sites (tertiary alicyclic amines) is 1. The van der Waals surface area contributed by atoms with Crippen molar-refractivity contribution in [1.29, 1.82) is 0 Å². The normalized spacial score (nSPS) is 21.2. The van der Waals surface area contributed by atoms with Crippen LogP contribution in [0, 0.1) is 0 Å². The van der Waals surface area contributed by atoms with E-state index >= 15 is 0 Å². The van der Waals surface area contributed by atoms with E-state index in [4.69, 9.17) is 4.74 Å². The third-order valence-corrected chi connectivity index (χ3v) is 2.98. The number of hydrogen-bond acceptors (Lipinski definition) is 4. The smallest absolute Gasteiger partial charge is 0.323 e. The SMILES string of the molecule is COC(=O)C1CCCN1Cc1cnn(C)c1. The number of rotatable bonds is 3. The third-order valence-electron chi connectivity index (χ3n) is 2.98. The highest BCUT2D eigenvalue weighted by molar-refractivity contribution is 5.75. The summed E-state index contributed by atoms with van der Waals surface area (Å²) in [7, 11) is 3.34. The van der Waals surface area contributed by atoms with Crippen molar-refractivity contribution in [2.24, 2.45) is 7.05 Å². The molecule has 1 atom stereocenters. The number of hydrogen-bond donors (Lipinski definition) is 0. The van der Waals surface area contributed by atoms with Crippen molar-refractivity contribution in [2.75, 3.05) is 13.7 Å². The molecule has 1 aliphatic rings. The van der Waals surface area contributed by atoms with E-state index in [2.05, 4.69) is 10.00 Å². The first-order valence-corrected chi connectivity index (χ1v) is 5.50. The van der Waals surface area contributed by atoms with E-state index in [1.54, 1.807) is 4.68 Å². The third kappa shape index (κ3) is 2.24. The Bertz CT molecular complexity index is 375. The Morgan fingerprint density at radius 1 is 1.69 bits per heavy atom. The number of methoxy groups -OCH3 is 1. The summed E-state index contributed by atoms with van der Waals surface area (Å²) in [5.41, 5.74) is 1.14. The quantitative estimate of drug-likeness (QED) is 0.702. The number of ether oxygens (including phenoxy) is 1. The van der Waals surface area contributed by atoms with Gasteiger partial charge in [-0.1, -0.05) is 0 Å². The molecule has 1 aromatic heterocycles. The van der Waals surface area contributed by atoms with E-state index in [0.29, 0.717) is 0 Å². The van der Waals surface area contributed by atoms with Crippen LogP contribution in [0.1, 0.15) is 18.4 Å². The van der Waals surface area contributed by atoms with Crippen LogP contribution in [0.4, 0.5) is 0 Å². The van der Waals surface area contributed by atoms with Gasteiger partial charge in [0.15, 0.2) is 0 Å². The molecule has 0 bridgehead atoms. The summed E-state index contributed by atoms with van der Waals surface area (Å²) >= 11 is 0. The van der Waals surface area contributed by atoms with Gasteiger partial charge in [0.25, 0.3) is 0 Å². The van der Waals surface area contributed by atoms with Gasteiger partial charge in [-0.25, -0.2) is 0 Å². The lowest BCUT2D eigenvalue weighted by atomic mass is 10.2. The first-order chi connectivity index (χ1) is 7.70. The predicted molar refractivity (Wildman–Crippen MR) is 58.7 cm³/mol. The molecular weight excluding hydrogens is 206 g/mol. The number of carbonyl (C=O) groups excluding carboxylic acids is 1. The molecule has 16 heavy (non-hydrogen) atoms. The number of aryl methyl sites for hydroxylation is 1. The summed E-state index contributed by atoms with van der Waals surface area (Å²) in [5.74, 6) is -0.124. The van der Waals surface area contributed by atoms with Crippen LogP contribution >= 0.6 is 0 Å². The van der Waals surface area contributed by atoms with E-state index < -0.39 is 0 Å². The maximum atomic E-state index is 11.5. The molecule has 0 N–H and O–H groups in total. The van der Waals surface area contributed by atoms with Crippen LogP contribution in [0.15, 0.2) is 12.4 Å². The van der Waals surface area contributed by atoms with Gasteiger partial charge in [0.05, 0.1) is 13.3 Å². The number of esters is 1. The molecule has 1 saturated heterocycles. The van der Waals surface area contributed by atoms with Crippen LogP contribution in [-0.4, -0.2) is 40.3 Å². The van der Waals surface area contributed by atoms with Crippen molar-refractivity contribution in [3.63, 3.8) is 0 Å². The lowest BCUT2D eigenvalue weighted by Gasteiger charge is -2.21. The average molecular weight is 223 g/mol. The summed E-state index contributed by atoms with van der Waals surface area (Å²) in [5, 5.41) is 4.12. The standard InChI is InChI=1S/C11H17N3O2/c1-13-7-9(6-12-13)8-14-5-3-4-10(14)11(15)16-2/h6-7,10H,3-5,8H2,1-2H3. The number of nitrogens with zero attached hydrogens (tertiary/aromatic N) is 3. The molecule has 0 saturated carbocycles. The van der Waals surface area contributed by atoms with Gasteiger partial charge in [-0.15, -0.1) is 0 Å². The molecular formula is C11H17N3O2. The fraction of sp³-hybridized carbons (Fsp3) is 0.636. The first-order valence-electron chi connectivity index (χ1n) is 5.50. The van der Waals surface area contributed by atoms with Gasteiger partial charge in [-0.05, 0) is 19.4 Å². The van der Waals surface area contributed by atoms with Crippen molar-refractivity contribution in [2.45, 2.75) is 25.4 Å². The summed E-state index contributed by atoms with van der Waals surface area (Å²) < 4.78 is 6.58. The van der Waals surface area contributed by atoms with Gasteiger partial charge in [-0.2, -0.15) is 5.10 Å². The second-order valence-corrected chi connectivity index (χ2v) is 4.17. The van der Waals surface area contributed by atoms with Gasteiger partial charge in [0, 0.05) is 25.4 Å². The van der Waals surface area contributed by atoms with Crippen molar-refractivity contribution < 1.29 is 9.53 Å². The molecule has 2 heterocycles. The summed E-state index contributed by atoms with van der Waals surface area (Å²) in [6.45, 7) is 1.72. The average Bonchev–Trinajstić information content (AvgIpc) is 2.87. The van der Waals surface area contributed by atoms with Crippen molar-refractivity contribution in [1.82, 2.24) is 14.7 Å². The monoisotopic (exact) mass is 223 g/mol. The maximum absolute atomic E-state index is 11.5. The fourth-order valence-corrected chi connectivity index (χ4v) is 2.21. The highest BCUT2D eigenvalue weighted by Crippen LogP contribution is 2.20. The van der Waals surface area contributed by atoms with Gasteiger partial charge in [0.2, 0.25) is 0 Å². The topological polar surface area (TPSA) is 47.4 Å². The summed E-state index contributed by atoms with van der Waals surface area (Å²) in [4.78, 5) is 13.7. The molecule has 5 nitrogen and oxygen atoms in total. The van der Waals surface area contributed by atoms with Crippen LogP contribution in [0.25, 0.3) is 0 Å².